The van der Waals surface area contributed by atoms with Gasteiger partial charge in [-0.3, -0.25) is 10.1 Å². The molecule has 1 aromatic rings. The monoisotopic (exact) mass is 356 g/mol. The third kappa shape index (κ3) is 4.69. The Morgan fingerprint density at radius 2 is 2.19 bits per heavy atom. The molecule has 1 atom stereocenters. The minimum absolute atomic E-state index is 0.0481. The van der Waals surface area contributed by atoms with Crippen LogP contribution in [0.2, 0.25) is 0 Å². The Hall–Kier alpha value is -1.65. The summed E-state index contributed by atoms with van der Waals surface area (Å²) in [5.74, 6) is 0.0481. The number of nitro groups is 1. The summed E-state index contributed by atoms with van der Waals surface area (Å²) in [5, 5.41) is 29.9. The number of rotatable bonds is 6. The van der Waals surface area contributed by atoms with Crippen LogP contribution >= 0.6 is 15.9 Å². The number of aliphatic hydroxyl groups excluding tert-OH is 1. The van der Waals surface area contributed by atoms with Crippen LogP contribution in [-0.2, 0) is 0 Å². The summed E-state index contributed by atoms with van der Waals surface area (Å²) < 4.78 is 6.01. The van der Waals surface area contributed by atoms with Gasteiger partial charge in [-0.15, -0.1) is 0 Å². The topological polar surface area (TPSA) is 96.4 Å². The van der Waals surface area contributed by atoms with Crippen LogP contribution in [0.15, 0.2) is 16.6 Å². The highest BCUT2D eigenvalue weighted by Gasteiger charge is 2.24. The molecular formula is C14H17BrN2O4. The predicted molar refractivity (Wildman–Crippen MR) is 80.9 cm³/mol. The Labute approximate surface area is 131 Å². The van der Waals surface area contributed by atoms with Gasteiger partial charge < -0.3 is 9.84 Å². The molecule has 1 rings (SSSR count). The zero-order chi connectivity index (χ0) is 16.2. The molecular weight excluding hydrogens is 340 g/mol. The lowest BCUT2D eigenvalue weighted by Gasteiger charge is -2.18. The molecule has 6 nitrogen and oxygen atoms in total. The van der Waals surface area contributed by atoms with Crippen LogP contribution in [-0.4, -0.2) is 16.6 Å². The van der Waals surface area contributed by atoms with Crippen molar-refractivity contribution >= 4 is 21.6 Å². The number of hydrogen-bond acceptors (Lipinski definition) is 5. The standard InChI is InChI=1S/C14H17BrN2O4/c1-9(18)11-6-10(15)7-12(17(19)20)13(11)21-5-4-14(2,3)8-16/h6-7,9,18H,4-5H2,1-3H3. The molecule has 0 spiro atoms. The molecule has 0 radical (unpaired) electrons. The van der Waals surface area contributed by atoms with E-state index in [-0.39, 0.29) is 18.0 Å². The van der Waals surface area contributed by atoms with E-state index in [1.807, 2.05) is 0 Å². The summed E-state index contributed by atoms with van der Waals surface area (Å²) >= 11 is 3.18. The van der Waals surface area contributed by atoms with E-state index in [0.717, 1.165) is 0 Å². The number of ether oxygens (including phenoxy) is 1. The summed E-state index contributed by atoms with van der Waals surface area (Å²) in [6.07, 6.45) is -0.476. The van der Waals surface area contributed by atoms with Crippen LogP contribution in [0.4, 0.5) is 5.69 Å². The summed E-state index contributed by atoms with van der Waals surface area (Å²) in [5.41, 5.74) is -0.448. The van der Waals surface area contributed by atoms with Crippen molar-refractivity contribution in [3.05, 3.63) is 32.3 Å². The summed E-state index contributed by atoms with van der Waals surface area (Å²) in [4.78, 5) is 10.6. The lowest BCUT2D eigenvalue weighted by Crippen LogP contribution is -2.14. The number of nitriles is 1. The van der Waals surface area contributed by atoms with Gasteiger partial charge in [0.15, 0.2) is 0 Å². The van der Waals surface area contributed by atoms with Gasteiger partial charge in [-0.1, -0.05) is 15.9 Å². The van der Waals surface area contributed by atoms with Crippen molar-refractivity contribution in [2.24, 2.45) is 5.41 Å². The molecule has 0 aromatic heterocycles. The largest absolute Gasteiger partial charge is 0.486 e. The zero-order valence-electron chi connectivity index (χ0n) is 12.1. The van der Waals surface area contributed by atoms with Gasteiger partial charge in [-0.05, 0) is 33.3 Å². The molecule has 0 heterocycles. The first-order valence-electron chi connectivity index (χ1n) is 6.38. The van der Waals surface area contributed by atoms with Gasteiger partial charge in [0.2, 0.25) is 5.75 Å². The molecule has 7 heteroatoms. The second-order valence-electron chi connectivity index (χ2n) is 5.37. The average Bonchev–Trinajstić information content (AvgIpc) is 2.39. The van der Waals surface area contributed by atoms with Gasteiger partial charge in [0.25, 0.3) is 0 Å². The lowest BCUT2D eigenvalue weighted by molar-refractivity contribution is -0.386. The fourth-order valence-corrected chi connectivity index (χ4v) is 2.13. The maximum atomic E-state index is 11.1. The van der Waals surface area contributed by atoms with Crippen molar-refractivity contribution in [3.8, 4) is 11.8 Å². The number of aliphatic hydroxyl groups is 1. The molecule has 21 heavy (non-hydrogen) atoms. The second-order valence-corrected chi connectivity index (χ2v) is 6.29. The number of nitro benzene ring substituents is 1. The summed E-state index contributed by atoms with van der Waals surface area (Å²) in [6, 6.07) is 5.06. The Bertz CT molecular complexity index is 579. The fraction of sp³-hybridized carbons (Fsp3) is 0.500. The van der Waals surface area contributed by atoms with E-state index in [4.69, 9.17) is 10.00 Å². The van der Waals surface area contributed by atoms with Crippen LogP contribution in [0.1, 0.15) is 38.9 Å². The molecule has 0 saturated heterocycles. The third-order valence-electron chi connectivity index (χ3n) is 2.99. The van der Waals surface area contributed by atoms with E-state index in [2.05, 4.69) is 22.0 Å². The van der Waals surface area contributed by atoms with Crippen molar-refractivity contribution in [1.29, 1.82) is 5.26 Å². The molecule has 1 unspecified atom stereocenters. The SMILES string of the molecule is CC(O)c1cc(Br)cc([N+](=O)[O-])c1OCCC(C)(C)C#N. The van der Waals surface area contributed by atoms with E-state index in [9.17, 15) is 15.2 Å². The van der Waals surface area contributed by atoms with E-state index in [0.29, 0.717) is 16.5 Å². The van der Waals surface area contributed by atoms with Gasteiger partial charge in [0.1, 0.15) is 0 Å². The molecule has 0 amide bonds. The van der Waals surface area contributed by atoms with Crippen molar-refractivity contribution in [1.82, 2.24) is 0 Å². The van der Waals surface area contributed by atoms with E-state index >= 15 is 0 Å². The first-order valence-corrected chi connectivity index (χ1v) is 7.17. The Morgan fingerprint density at radius 3 is 2.67 bits per heavy atom. The fourth-order valence-electron chi connectivity index (χ4n) is 1.67. The van der Waals surface area contributed by atoms with Crippen LogP contribution < -0.4 is 4.74 Å². The Kier molecular flexibility index (Phi) is 5.70. The summed E-state index contributed by atoms with van der Waals surface area (Å²) in [7, 11) is 0. The van der Waals surface area contributed by atoms with Crippen LogP contribution in [0, 0.1) is 26.9 Å². The highest BCUT2D eigenvalue weighted by Crippen LogP contribution is 2.38. The molecule has 0 saturated carbocycles. The molecule has 0 aliphatic rings. The minimum atomic E-state index is -0.903. The Balaban J connectivity index is 3.09. The predicted octanol–water partition coefficient (Wildman–Crippen LogP) is 3.73. The van der Waals surface area contributed by atoms with Gasteiger partial charge >= 0.3 is 5.69 Å². The minimum Gasteiger partial charge on any atom is -0.486 e. The van der Waals surface area contributed by atoms with Crippen LogP contribution in [0.3, 0.4) is 0 Å². The van der Waals surface area contributed by atoms with Crippen LogP contribution in [0.5, 0.6) is 5.75 Å². The maximum Gasteiger partial charge on any atom is 0.312 e. The lowest BCUT2D eigenvalue weighted by atomic mass is 9.92. The number of benzene rings is 1. The molecule has 0 aliphatic carbocycles. The molecule has 0 aliphatic heterocycles. The number of nitrogens with zero attached hydrogens (tertiary/aromatic N) is 2. The van der Waals surface area contributed by atoms with Crippen molar-refractivity contribution in [2.75, 3.05) is 6.61 Å². The first kappa shape index (κ1) is 17.4. The Morgan fingerprint density at radius 1 is 1.57 bits per heavy atom. The molecule has 1 aromatic carbocycles. The number of hydrogen-bond donors (Lipinski definition) is 1. The number of halogens is 1. The zero-order valence-corrected chi connectivity index (χ0v) is 13.7. The van der Waals surface area contributed by atoms with Crippen molar-refractivity contribution < 1.29 is 14.8 Å². The van der Waals surface area contributed by atoms with Gasteiger partial charge in [0, 0.05) is 16.1 Å². The quantitative estimate of drug-likeness (QED) is 0.618. The summed E-state index contributed by atoms with van der Waals surface area (Å²) in [6.45, 7) is 5.20. The van der Waals surface area contributed by atoms with E-state index < -0.39 is 16.4 Å². The van der Waals surface area contributed by atoms with Gasteiger partial charge in [-0.2, -0.15) is 5.26 Å². The maximum absolute atomic E-state index is 11.1. The van der Waals surface area contributed by atoms with Crippen molar-refractivity contribution in [2.45, 2.75) is 33.3 Å². The highest BCUT2D eigenvalue weighted by molar-refractivity contribution is 9.10. The van der Waals surface area contributed by atoms with Crippen LogP contribution in [0.25, 0.3) is 0 Å². The molecule has 0 fully saturated rings. The van der Waals surface area contributed by atoms with E-state index in [1.54, 1.807) is 19.9 Å². The van der Waals surface area contributed by atoms with E-state index in [1.165, 1.54) is 13.0 Å². The first-order chi connectivity index (χ1) is 9.68. The molecule has 1 N–H and O–H groups in total. The average molecular weight is 357 g/mol. The van der Waals surface area contributed by atoms with Crippen molar-refractivity contribution in [3.63, 3.8) is 0 Å². The second kappa shape index (κ2) is 6.87. The van der Waals surface area contributed by atoms with Gasteiger partial charge in [0.05, 0.1) is 29.1 Å². The van der Waals surface area contributed by atoms with Gasteiger partial charge in [-0.25, -0.2) is 0 Å². The normalized spacial score (nSPS) is 12.6. The smallest absolute Gasteiger partial charge is 0.312 e. The highest BCUT2D eigenvalue weighted by atomic mass is 79.9. The molecule has 0 bridgehead atoms. The molecule has 114 valence electrons. The third-order valence-corrected chi connectivity index (χ3v) is 3.44.